The number of carbonyl (C=O) groups excluding carboxylic acids is 1. The highest BCUT2D eigenvalue weighted by Gasteiger charge is 2.12. The van der Waals surface area contributed by atoms with Crippen molar-refractivity contribution in [3.05, 3.63) is 34.7 Å². The number of halogens is 1. The Morgan fingerprint density at radius 2 is 2.29 bits per heavy atom. The molecule has 0 aliphatic rings. The van der Waals surface area contributed by atoms with Gasteiger partial charge in [0, 0.05) is 6.07 Å². The largest absolute Gasteiger partial charge is 0.481 e. The number of aromatic nitrogens is 3. The lowest BCUT2D eigenvalue weighted by molar-refractivity contribution is 0.102. The van der Waals surface area contributed by atoms with Gasteiger partial charge < -0.3 is 10.1 Å². The number of amides is 1. The minimum absolute atomic E-state index is 0.290. The Morgan fingerprint density at radius 1 is 1.47 bits per heavy atom. The summed E-state index contributed by atoms with van der Waals surface area (Å²) in [5.74, 6) is 0.201. The van der Waals surface area contributed by atoms with Gasteiger partial charge in [0.15, 0.2) is 0 Å². The summed E-state index contributed by atoms with van der Waals surface area (Å²) in [5.41, 5.74) is 0.943. The van der Waals surface area contributed by atoms with Crippen LogP contribution in [0.2, 0.25) is 0 Å². The van der Waals surface area contributed by atoms with Gasteiger partial charge in [-0.25, -0.2) is 4.98 Å². The minimum atomic E-state index is -0.290. The molecule has 0 atom stereocenters. The maximum absolute atomic E-state index is 11.8. The standard InChI is InChI=1S/C10H9BrN4O2/c1-17-8-3-2-6(4-12-8)14-10(16)9-7(11)5-13-15-9/h2-5H,1H3,(H,13,15)(H,14,16). The fourth-order valence-electron chi connectivity index (χ4n) is 1.20. The average Bonchev–Trinajstić information content (AvgIpc) is 2.76. The van der Waals surface area contributed by atoms with Crippen LogP contribution < -0.4 is 10.1 Å². The first kappa shape index (κ1) is 11.6. The van der Waals surface area contributed by atoms with Crippen LogP contribution in [0.5, 0.6) is 5.88 Å². The zero-order chi connectivity index (χ0) is 12.3. The lowest BCUT2D eigenvalue weighted by Gasteiger charge is -2.04. The summed E-state index contributed by atoms with van der Waals surface area (Å²) in [6.07, 6.45) is 3.03. The number of H-pyrrole nitrogens is 1. The monoisotopic (exact) mass is 296 g/mol. The number of hydrogen-bond donors (Lipinski definition) is 2. The van der Waals surface area contributed by atoms with E-state index in [1.165, 1.54) is 19.5 Å². The van der Waals surface area contributed by atoms with Gasteiger partial charge in [0.2, 0.25) is 5.88 Å². The summed E-state index contributed by atoms with van der Waals surface area (Å²) >= 11 is 3.21. The Morgan fingerprint density at radius 3 is 2.82 bits per heavy atom. The van der Waals surface area contributed by atoms with E-state index in [2.05, 4.69) is 36.4 Å². The summed E-state index contributed by atoms with van der Waals surface area (Å²) in [4.78, 5) is 15.8. The predicted molar refractivity (Wildman–Crippen MR) is 65.0 cm³/mol. The maximum Gasteiger partial charge on any atom is 0.274 e. The number of hydrogen-bond acceptors (Lipinski definition) is 4. The molecule has 2 heterocycles. The number of nitrogens with zero attached hydrogens (tertiary/aromatic N) is 2. The average molecular weight is 297 g/mol. The van der Waals surface area contributed by atoms with E-state index in [9.17, 15) is 4.79 Å². The van der Waals surface area contributed by atoms with Crippen LogP contribution in [-0.2, 0) is 0 Å². The molecule has 0 saturated carbocycles. The molecule has 2 N–H and O–H groups in total. The van der Waals surface area contributed by atoms with Crippen molar-refractivity contribution in [2.75, 3.05) is 12.4 Å². The second-order valence-electron chi connectivity index (χ2n) is 3.14. The molecule has 0 saturated heterocycles. The Balaban J connectivity index is 2.10. The summed E-state index contributed by atoms with van der Waals surface area (Å²) < 4.78 is 5.53. The molecule has 6 nitrogen and oxygen atoms in total. The highest BCUT2D eigenvalue weighted by Crippen LogP contribution is 2.16. The molecule has 0 spiro atoms. The van der Waals surface area contributed by atoms with E-state index in [4.69, 9.17) is 4.74 Å². The first-order valence-corrected chi connectivity index (χ1v) is 5.50. The number of carbonyl (C=O) groups is 1. The number of anilines is 1. The van der Waals surface area contributed by atoms with Gasteiger partial charge in [-0.2, -0.15) is 5.10 Å². The lowest BCUT2D eigenvalue weighted by Crippen LogP contribution is -2.13. The van der Waals surface area contributed by atoms with Gasteiger partial charge in [-0.15, -0.1) is 0 Å². The second-order valence-corrected chi connectivity index (χ2v) is 3.99. The molecule has 2 aromatic rings. The van der Waals surface area contributed by atoms with Crippen molar-refractivity contribution >= 4 is 27.5 Å². The number of rotatable bonds is 3. The van der Waals surface area contributed by atoms with Crippen molar-refractivity contribution in [3.63, 3.8) is 0 Å². The van der Waals surface area contributed by atoms with Crippen LogP contribution in [0.3, 0.4) is 0 Å². The number of pyridine rings is 1. The Kier molecular flexibility index (Phi) is 3.38. The van der Waals surface area contributed by atoms with E-state index in [1.54, 1.807) is 12.1 Å². The fraction of sp³-hybridized carbons (Fsp3) is 0.100. The highest BCUT2D eigenvalue weighted by molar-refractivity contribution is 9.10. The Hall–Kier alpha value is -1.89. The SMILES string of the molecule is COc1ccc(NC(=O)c2[nH]ncc2Br)cn1. The van der Waals surface area contributed by atoms with Gasteiger partial charge in [-0.3, -0.25) is 9.89 Å². The van der Waals surface area contributed by atoms with E-state index in [0.29, 0.717) is 21.7 Å². The molecule has 17 heavy (non-hydrogen) atoms. The molecule has 1 amide bonds. The Labute approximate surface area is 106 Å². The van der Waals surface area contributed by atoms with Gasteiger partial charge in [-0.05, 0) is 22.0 Å². The Bertz CT molecular complexity index is 523. The van der Waals surface area contributed by atoms with E-state index < -0.39 is 0 Å². The summed E-state index contributed by atoms with van der Waals surface area (Å²) in [6.45, 7) is 0. The van der Waals surface area contributed by atoms with E-state index in [0.717, 1.165) is 0 Å². The fourth-order valence-corrected chi connectivity index (χ4v) is 1.57. The van der Waals surface area contributed by atoms with E-state index in [-0.39, 0.29) is 5.91 Å². The van der Waals surface area contributed by atoms with Crippen molar-refractivity contribution in [1.29, 1.82) is 0 Å². The summed E-state index contributed by atoms with van der Waals surface area (Å²) in [5, 5.41) is 9.02. The number of aromatic amines is 1. The molecule has 2 aromatic heterocycles. The van der Waals surface area contributed by atoms with Gasteiger partial charge in [0.25, 0.3) is 5.91 Å². The summed E-state index contributed by atoms with van der Waals surface area (Å²) in [6, 6.07) is 3.37. The predicted octanol–water partition coefficient (Wildman–Crippen LogP) is 1.83. The van der Waals surface area contributed by atoms with Crippen LogP contribution >= 0.6 is 15.9 Å². The molecule has 0 aromatic carbocycles. The highest BCUT2D eigenvalue weighted by atomic mass is 79.9. The third kappa shape index (κ3) is 2.62. The third-order valence-corrected chi connectivity index (χ3v) is 2.62. The van der Waals surface area contributed by atoms with Crippen molar-refractivity contribution in [3.8, 4) is 5.88 Å². The quantitative estimate of drug-likeness (QED) is 0.905. The molecule has 7 heteroatoms. The molecule has 88 valence electrons. The van der Waals surface area contributed by atoms with Crippen LogP contribution in [-0.4, -0.2) is 28.2 Å². The molecule has 0 aliphatic carbocycles. The van der Waals surface area contributed by atoms with Crippen LogP contribution in [0.4, 0.5) is 5.69 Å². The minimum Gasteiger partial charge on any atom is -0.481 e. The van der Waals surface area contributed by atoms with Crippen LogP contribution in [0.25, 0.3) is 0 Å². The molecule has 0 radical (unpaired) electrons. The van der Waals surface area contributed by atoms with Crippen LogP contribution in [0, 0.1) is 0 Å². The molecule has 0 aliphatic heterocycles. The van der Waals surface area contributed by atoms with Gasteiger partial charge in [-0.1, -0.05) is 0 Å². The second kappa shape index (κ2) is 4.96. The van der Waals surface area contributed by atoms with Crippen LogP contribution in [0.15, 0.2) is 29.0 Å². The topological polar surface area (TPSA) is 79.9 Å². The first-order chi connectivity index (χ1) is 8.20. The first-order valence-electron chi connectivity index (χ1n) is 4.71. The van der Waals surface area contributed by atoms with Gasteiger partial charge in [0.1, 0.15) is 5.69 Å². The normalized spacial score (nSPS) is 10.0. The number of methoxy groups -OCH3 is 1. The van der Waals surface area contributed by atoms with Crippen molar-refractivity contribution in [1.82, 2.24) is 15.2 Å². The number of nitrogens with one attached hydrogen (secondary N) is 2. The molecule has 2 rings (SSSR count). The van der Waals surface area contributed by atoms with Crippen molar-refractivity contribution in [2.45, 2.75) is 0 Å². The molecular weight excluding hydrogens is 288 g/mol. The smallest absolute Gasteiger partial charge is 0.274 e. The van der Waals surface area contributed by atoms with Crippen LogP contribution in [0.1, 0.15) is 10.5 Å². The van der Waals surface area contributed by atoms with E-state index >= 15 is 0 Å². The number of ether oxygens (including phenoxy) is 1. The zero-order valence-corrected chi connectivity index (χ0v) is 10.5. The molecule has 0 unspecified atom stereocenters. The van der Waals surface area contributed by atoms with Gasteiger partial charge in [0.05, 0.1) is 29.7 Å². The van der Waals surface area contributed by atoms with Gasteiger partial charge >= 0.3 is 0 Å². The van der Waals surface area contributed by atoms with Crippen molar-refractivity contribution < 1.29 is 9.53 Å². The van der Waals surface area contributed by atoms with E-state index in [1.807, 2.05) is 0 Å². The molecule has 0 fully saturated rings. The summed E-state index contributed by atoms with van der Waals surface area (Å²) in [7, 11) is 1.53. The molecule has 0 bridgehead atoms. The zero-order valence-electron chi connectivity index (χ0n) is 8.90. The maximum atomic E-state index is 11.8. The lowest BCUT2D eigenvalue weighted by atomic mass is 10.3. The molecular formula is C10H9BrN4O2. The van der Waals surface area contributed by atoms with Crippen molar-refractivity contribution in [2.24, 2.45) is 0 Å². The third-order valence-electron chi connectivity index (χ3n) is 2.02.